The molecule has 2 nitrogen and oxygen atoms in total. The molecule has 0 amide bonds. The van der Waals surface area contributed by atoms with Crippen molar-refractivity contribution < 1.29 is 4.39 Å². The van der Waals surface area contributed by atoms with Crippen LogP contribution in [0.3, 0.4) is 0 Å². The number of fused-ring (bicyclic) bond motifs is 1. The zero-order valence-corrected chi connectivity index (χ0v) is 11.2. The molecule has 1 aromatic heterocycles. The fourth-order valence-corrected chi connectivity index (χ4v) is 3.19. The molecular formula is C16H19FN2. The van der Waals surface area contributed by atoms with Gasteiger partial charge in [-0.2, -0.15) is 0 Å². The van der Waals surface area contributed by atoms with Gasteiger partial charge in [0.2, 0.25) is 0 Å². The van der Waals surface area contributed by atoms with Crippen molar-refractivity contribution in [2.24, 2.45) is 0 Å². The third kappa shape index (κ3) is 2.47. The molecular weight excluding hydrogens is 239 g/mol. The van der Waals surface area contributed by atoms with Gasteiger partial charge in [-0.3, -0.25) is 4.98 Å². The zero-order valence-electron chi connectivity index (χ0n) is 11.2. The first-order valence-electron chi connectivity index (χ1n) is 6.99. The van der Waals surface area contributed by atoms with E-state index < -0.39 is 0 Å². The molecule has 3 heteroatoms. The number of pyridine rings is 1. The summed E-state index contributed by atoms with van der Waals surface area (Å²) in [7, 11) is 2.03. The molecule has 19 heavy (non-hydrogen) atoms. The predicted octanol–water partition coefficient (Wildman–Crippen LogP) is 3.62. The van der Waals surface area contributed by atoms with E-state index in [2.05, 4.69) is 16.4 Å². The van der Waals surface area contributed by atoms with Crippen LogP contribution in [-0.2, 0) is 0 Å². The van der Waals surface area contributed by atoms with Crippen LogP contribution in [-0.4, -0.2) is 18.1 Å². The number of halogens is 1. The number of hydrogen-bond donors (Lipinski definition) is 1. The molecule has 1 fully saturated rings. The number of benzene rings is 1. The van der Waals surface area contributed by atoms with Gasteiger partial charge in [0.1, 0.15) is 5.82 Å². The Morgan fingerprint density at radius 3 is 2.68 bits per heavy atom. The maximum Gasteiger partial charge on any atom is 0.123 e. The Hall–Kier alpha value is -1.48. The molecule has 0 radical (unpaired) electrons. The van der Waals surface area contributed by atoms with E-state index in [4.69, 9.17) is 0 Å². The minimum absolute atomic E-state index is 0.175. The predicted molar refractivity (Wildman–Crippen MR) is 75.8 cm³/mol. The summed E-state index contributed by atoms with van der Waals surface area (Å²) in [6.45, 7) is 0. The average Bonchev–Trinajstić information content (AvgIpc) is 2.47. The van der Waals surface area contributed by atoms with Gasteiger partial charge in [-0.1, -0.05) is 0 Å². The Labute approximate surface area is 113 Å². The molecule has 0 spiro atoms. The first kappa shape index (κ1) is 12.5. The molecule has 0 atom stereocenters. The summed E-state index contributed by atoms with van der Waals surface area (Å²) in [5, 5.41) is 4.33. The molecule has 0 unspecified atom stereocenters. The Morgan fingerprint density at radius 1 is 1.16 bits per heavy atom. The molecule has 0 aliphatic heterocycles. The SMILES string of the molecule is CN[C@H]1CC[C@H](c2ccnc3ccc(F)cc32)CC1. The normalized spacial score (nSPS) is 23.7. The number of aromatic nitrogens is 1. The highest BCUT2D eigenvalue weighted by molar-refractivity contribution is 5.82. The molecule has 1 saturated carbocycles. The summed E-state index contributed by atoms with van der Waals surface area (Å²) in [5.41, 5.74) is 2.16. The minimum atomic E-state index is -0.175. The van der Waals surface area contributed by atoms with E-state index in [0.29, 0.717) is 12.0 Å². The van der Waals surface area contributed by atoms with Crippen molar-refractivity contribution in [2.45, 2.75) is 37.6 Å². The van der Waals surface area contributed by atoms with Crippen LogP contribution in [0.1, 0.15) is 37.2 Å². The Morgan fingerprint density at radius 2 is 1.95 bits per heavy atom. The van der Waals surface area contributed by atoms with Gasteiger partial charge in [0.15, 0.2) is 0 Å². The van der Waals surface area contributed by atoms with E-state index >= 15 is 0 Å². The topological polar surface area (TPSA) is 24.9 Å². The molecule has 1 heterocycles. The van der Waals surface area contributed by atoms with E-state index in [0.717, 1.165) is 10.9 Å². The second kappa shape index (κ2) is 5.25. The highest BCUT2D eigenvalue weighted by Gasteiger charge is 2.22. The van der Waals surface area contributed by atoms with Crippen LogP contribution in [0.5, 0.6) is 0 Å². The van der Waals surface area contributed by atoms with Gasteiger partial charge in [0.25, 0.3) is 0 Å². The van der Waals surface area contributed by atoms with Gasteiger partial charge in [0.05, 0.1) is 5.52 Å². The van der Waals surface area contributed by atoms with Crippen molar-refractivity contribution in [3.05, 3.63) is 41.8 Å². The van der Waals surface area contributed by atoms with Gasteiger partial charge in [0, 0.05) is 17.6 Å². The largest absolute Gasteiger partial charge is 0.317 e. The molecule has 3 rings (SSSR count). The summed E-state index contributed by atoms with van der Waals surface area (Å²) in [6, 6.07) is 7.58. The van der Waals surface area contributed by atoms with Crippen LogP contribution in [0.15, 0.2) is 30.5 Å². The van der Waals surface area contributed by atoms with Crippen LogP contribution < -0.4 is 5.32 Å². The van der Waals surface area contributed by atoms with Crippen molar-refractivity contribution in [2.75, 3.05) is 7.05 Å². The Bertz CT molecular complexity index is 574. The van der Waals surface area contributed by atoms with Crippen molar-refractivity contribution in [3.8, 4) is 0 Å². The third-order valence-electron chi connectivity index (χ3n) is 4.31. The molecule has 100 valence electrons. The number of nitrogens with zero attached hydrogens (tertiary/aromatic N) is 1. The van der Waals surface area contributed by atoms with Crippen molar-refractivity contribution in [3.63, 3.8) is 0 Å². The summed E-state index contributed by atoms with van der Waals surface area (Å²) in [4.78, 5) is 4.33. The van der Waals surface area contributed by atoms with Crippen molar-refractivity contribution in [1.82, 2.24) is 10.3 Å². The van der Waals surface area contributed by atoms with Crippen LogP contribution in [0.4, 0.5) is 4.39 Å². The highest BCUT2D eigenvalue weighted by Crippen LogP contribution is 2.36. The summed E-state index contributed by atoms with van der Waals surface area (Å²) < 4.78 is 13.5. The lowest BCUT2D eigenvalue weighted by molar-refractivity contribution is 0.360. The first-order chi connectivity index (χ1) is 9.28. The van der Waals surface area contributed by atoms with Gasteiger partial charge >= 0.3 is 0 Å². The lowest BCUT2D eigenvalue weighted by atomic mass is 9.81. The quantitative estimate of drug-likeness (QED) is 0.890. The average molecular weight is 258 g/mol. The molecule has 1 aliphatic rings. The summed E-state index contributed by atoms with van der Waals surface area (Å²) >= 11 is 0. The van der Waals surface area contributed by atoms with Crippen molar-refractivity contribution >= 4 is 10.9 Å². The molecule has 0 saturated heterocycles. The highest BCUT2D eigenvalue weighted by atomic mass is 19.1. The maximum absolute atomic E-state index is 13.5. The van der Waals surface area contributed by atoms with E-state index in [-0.39, 0.29) is 5.82 Å². The van der Waals surface area contributed by atoms with Crippen LogP contribution in [0, 0.1) is 5.82 Å². The number of hydrogen-bond acceptors (Lipinski definition) is 2. The van der Waals surface area contributed by atoms with E-state index in [1.165, 1.54) is 37.3 Å². The summed E-state index contributed by atoms with van der Waals surface area (Å²) in [5.74, 6) is 0.363. The maximum atomic E-state index is 13.5. The second-order valence-corrected chi connectivity index (χ2v) is 5.40. The monoisotopic (exact) mass is 258 g/mol. The van der Waals surface area contributed by atoms with Crippen LogP contribution in [0.2, 0.25) is 0 Å². The van der Waals surface area contributed by atoms with Gasteiger partial charge in [-0.25, -0.2) is 4.39 Å². The fraction of sp³-hybridized carbons (Fsp3) is 0.438. The van der Waals surface area contributed by atoms with E-state index in [9.17, 15) is 4.39 Å². The number of nitrogens with one attached hydrogen (secondary N) is 1. The lowest BCUT2D eigenvalue weighted by Gasteiger charge is -2.29. The molecule has 1 aliphatic carbocycles. The Kier molecular flexibility index (Phi) is 3.47. The molecule has 1 N–H and O–H groups in total. The smallest absolute Gasteiger partial charge is 0.123 e. The molecule has 2 aromatic rings. The van der Waals surface area contributed by atoms with Crippen LogP contribution >= 0.6 is 0 Å². The van der Waals surface area contributed by atoms with Crippen LogP contribution in [0.25, 0.3) is 10.9 Å². The van der Waals surface area contributed by atoms with Crippen molar-refractivity contribution in [1.29, 1.82) is 0 Å². The van der Waals surface area contributed by atoms with Gasteiger partial charge < -0.3 is 5.32 Å². The molecule has 1 aromatic carbocycles. The van der Waals surface area contributed by atoms with E-state index in [1.54, 1.807) is 12.1 Å². The van der Waals surface area contributed by atoms with E-state index in [1.807, 2.05) is 13.2 Å². The molecule has 0 bridgehead atoms. The van der Waals surface area contributed by atoms with Gasteiger partial charge in [-0.15, -0.1) is 0 Å². The lowest BCUT2D eigenvalue weighted by Crippen LogP contribution is -2.29. The minimum Gasteiger partial charge on any atom is -0.317 e. The first-order valence-corrected chi connectivity index (χ1v) is 6.99. The standard InChI is InChI=1S/C16H19FN2/c1-18-13-5-2-11(3-6-13)14-8-9-19-16-7-4-12(17)10-15(14)16/h4,7-11,13,18H,2-3,5-6H2,1H3/t11-,13-. The fourth-order valence-electron chi connectivity index (χ4n) is 3.19. The number of rotatable bonds is 2. The zero-order chi connectivity index (χ0) is 13.2. The second-order valence-electron chi connectivity index (χ2n) is 5.40. The third-order valence-corrected chi connectivity index (χ3v) is 4.31. The Balaban J connectivity index is 1.94. The summed E-state index contributed by atoms with van der Waals surface area (Å²) in [6.07, 6.45) is 6.57. The van der Waals surface area contributed by atoms with Gasteiger partial charge in [-0.05, 0) is 68.5 Å².